The smallest absolute Gasteiger partial charge is 0.355 e. The maximum absolute atomic E-state index is 13.2. The molecule has 1 spiro atoms. The highest BCUT2D eigenvalue weighted by molar-refractivity contribution is 5.87. The van der Waals surface area contributed by atoms with Crippen LogP contribution in [-0.4, -0.2) is 87.6 Å². The van der Waals surface area contributed by atoms with Crippen molar-refractivity contribution in [1.82, 2.24) is 4.98 Å². The molecule has 1 aromatic heterocycles. The lowest BCUT2D eigenvalue weighted by molar-refractivity contribution is -0.390. The van der Waals surface area contributed by atoms with Gasteiger partial charge in [-0.1, -0.05) is 27.7 Å². The molecule has 2 saturated heterocycles. The molecule has 0 radical (unpaired) electrons. The van der Waals surface area contributed by atoms with Crippen LogP contribution >= 0.6 is 0 Å². The van der Waals surface area contributed by atoms with Crippen LogP contribution in [0.2, 0.25) is 0 Å². The molecule has 3 heterocycles. The van der Waals surface area contributed by atoms with Crippen LogP contribution in [0, 0.1) is 22.7 Å². The van der Waals surface area contributed by atoms with Gasteiger partial charge >= 0.3 is 5.97 Å². The minimum Gasteiger partial charge on any atom is -0.451 e. The average Bonchev–Trinajstić information content (AvgIpc) is 3.41. The standard InChI is InChI=1S/C25H35NO9/c1-12(2)22(31)17(34-16(28)14-7-6-10-26-14)23(32)18(4)11-21(30)19(22,5)25(23,33)24(35-21)15(27)13(3)8-9-20(18,24)29/h6-7,10,12-13,15,17,26-27,29-33H,8-9,11H2,1-5H3/t13-,15-,17+,18-,19-,20-,21-,22+,23+,24+,25+/m0/s1. The van der Waals surface area contributed by atoms with Gasteiger partial charge in [-0.15, -0.1) is 0 Å². The van der Waals surface area contributed by atoms with Gasteiger partial charge in [-0.3, -0.25) is 0 Å². The highest BCUT2D eigenvalue weighted by Crippen LogP contribution is 2.90. The van der Waals surface area contributed by atoms with Crippen LogP contribution in [0.3, 0.4) is 0 Å². The average molecular weight is 494 g/mol. The molecule has 0 unspecified atom stereocenters. The molecule has 2 aliphatic heterocycles. The Labute approximate surface area is 202 Å². The van der Waals surface area contributed by atoms with Gasteiger partial charge in [0.05, 0.1) is 11.5 Å². The fraction of sp³-hybridized carbons (Fsp3) is 0.800. The lowest BCUT2D eigenvalue weighted by Gasteiger charge is -2.60. The molecule has 6 fully saturated rings. The number of aromatic amines is 1. The Bertz CT molecular complexity index is 1130. The molecule has 10 nitrogen and oxygen atoms in total. The number of aliphatic hydroxyl groups is 6. The van der Waals surface area contributed by atoms with E-state index in [1.165, 1.54) is 26.1 Å². The van der Waals surface area contributed by atoms with Crippen LogP contribution in [0.4, 0.5) is 0 Å². The fourth-order valence-corrected chi connectivity index (χ4v) is 9.56. The van der Waals surface area contributed by atoms with Gasteiger partial charge in [-0.2, -0.15) is 0 Å². The van der Waals surface area contributed by atoms with Crippen LogP contribution in [0.25, 0.3) is 0 Å². The maximum atomic E-state index is 13.2. The first-order chi connectivity index (χ1) is 16.0. The third-order valence-electron chi connectivity index (χ3n) is 11.3. The molecule has 6 bridgehead atoms. The minimum absolute atomic E-state index is 0.0654. The number of carbonyl (C=O) groups is 1. The van der Waals surface area contributed by atoms with E-state index in [9.17, 15) is 35.4 Å². The van der Waals surface area contributed by atoms with Gasteiger partial charge in [0.15, 0.2) is 17.5 Å². The van der Waals surface area contributed by atoms with Crippen LogP contribution < -0.4 is 0 Å². The summed E-state index contributed by atoms with van der Waals surface area (Å²) >= 11 is 0. The van der Waals surface area contributed by atoms with Gasteiger partial charge in [-0.25, -0.2) is 4.79 Å². The van der Waals surface area contributed by atoms with E-state index >= 15 is 0 Å². The zero-order valence-corrected chi connectivity index (χ0v) is 20.6. The second kappa shape index (κ2) is 5.96. The van der Waals surface area contributed by atoms with Crippen molar-refractivity contribution in [2.45, 2.75) is 99.9 Å². The monoisotopic (exact) mass is 493 g/mol. The largest absolute Gasteiger partial charge is 0.451 e. The topological polar surface area (TPSA) is 173 Å². The van der Waals surface area contributed by atoms with Crippen molar-refractivity contribution < 1.29 is 44.9 Å². The summed E-state index contributed by atoms with van der Waals surface area (Å²) in [6.07, 6.45) is -1.63. The molecule has 11 atom stereocenters. The number of H-pyrrole nitrogens is 1. The second-order valence-corrected chi connectivity index (χ2v) is 12.4. The predicted molar refractivity (Wildman–Crippen MR) is 119 cm³/mol. The third kappa shape index (κ3) is 1.74. The van der Waals surface area contributed by atoms with Crippen LogP contribution in [0.1, 0.15) is 64.4 Å². The van der Waals surface area contributed by atoms with Gasteiger partial charge in [0.1, 0.15) is 28.1 Å². The Kier molecular flexibility index (Phi) is 4.06. The Hall–Kier alpha value is -1.53. The summed E-state index contributed by atoms with van der Waals surface area (Å²) in [5, 5.41) is 73.9. The minimum atomic E-state index is -2.59. The second-order valence-electron chi connectivity index (χ2n) is 12.4. The first-order valence-corrected chi connectivity index (χ1v) is 12.4. The summed E-state index contributed by atoms with van der Waals surface area (Å²) in [6, 6.07) is 3.06. The van der Waals surface area contributed by atoms with E-state index < -0.39 is 74.6 Å². The SMILES string of the molecule is CC(C)[C@@]1(O)[C@@H](OC(=O)c2ccc[nH]2)[C@@]2(O)[C@@]3(C)C[C@]4(O)O[C@@]5([C@@H](O)[C@@H](C)CC[C@]35O)[C@@]2(O)[C@]14C. The van der Waals surface area contributed by atoms with Gasteiger partial charge < -0.3 is 45.1 Å². The number of esters is 1. The molecule has 4 saturated carbocycles. The quantitative estimate of drug-likeness (QED) is 0.282. The summed E-state index contributed by atoms with van der Waals surface area (Å²) in [6.45, 7) is 7.91. The van der Waals surface area contributed by atoms with Crippen molar-refractivity contribution in [3.8, 4) is 0 Å². The summed E-state index contributed by atoms with van der Waals surface area (Å²) in [7, 11) is 0. The number of aliphatic hydroxyl groups excluding tert-OH is 1. The zero-order chi connectivity index (χ0) is 25.8. The van der Waals surface area contributed by atoms with Gasteiger partial charge in [0, 0.05) is 18.0 Å². The van der Waals surface area contributed by atoms with Gasteiger partial charge in [0.2, 0.25) is 0 Å². The van der Waals surface area contributed by atoms with Crippen molar-refractivity contribution >= 4 is 5.97 Å². The van der Waals surface area contributed by atoms with Gasteiger partial charge in [0.25, 0.3) is 0 Å². The normalized spacial score (nSPS) is 59.8. The zero-order valence-electron chi connectivity index (χ0n) is 20.6. The lowest BCUT2D eigenvalue weighted by atomic mass is 9.52. The molecular weight excluding hydrogens is 458 g/mol. The number of carbonyl (C=O) groups excluding carboxylic acids is 1. The lowest BCUT2D eigenvalue weighted by Crippen LogP contribution is -2.75. The molecule has 35 heavy (non-hydrogen) atoms. The number of hydrogen-bond donors (Lipinski definition) is 7. The van der Waals surface area contributed by atoms with E-state index in [0.29, 0.717) is 6.42 Å². The predicted octanol–water partition coefficient (Wildman–Crippen LogP) is -0.188. The molecule has 0 amide bonds. The summed E-state index contributed by atoms with van der Waals surface area (Å²) in [4.78, 5) is 15.9. The first-order valence-electron chi connectivity index (χ1n) is 12.4. The van der Waals surface area contributed by atoms with Crippen LogP contribution in [0.15, 0.2) is 18.3 Å². The van der Waals surface area contributed by atoms with Crippen LogP contribution in [0.5, 0.6) is 0 Å². The molecule has 6 aliphatic rings. The highest BCUT2D eigenvalue weighted by Gasteiger charge is 3.10. The highest BCUT2D eigenvalue weighted by atomic mass is 16.7. The Morgan fingerprint density at radius 3 is 2.43 bits per heavy atom. The molecule has 7 N–H and O–H groups in total. The Balaban J connectivity index is 1.69. The molecule has 4 aliphatic carbocycles. The number of ether oxygens (including phenoxy) is 2. The van der Waals surface area contributed by atoms with E-state index in [1.807, 2.05) is 0 Å². The summed E-state index contributed by atoms with van der Waals surface area (Å²) < 4.78 is 12.1. The summed E-state index contributed by atoms with van der Waals surface area (Å²) in [5.74, 6) is -4.34. The maximum Gasteiger partial charge on any atom is 0.355 e. The molecule has 0 aromatic carbocycles. The molecule has 194 valence electrons. The fourth-order valence-electron chi connectivity index (χ4n) is 9.56. The van der Waals surface area contributed by atoms with Crippen LogP contribution in [-0.2, 0) is 9.47 Å². The number of rotatable bonds is 3. The number of hydrogen-bond acceptors (Lipinski definition) is 9. The number of nitrogens with one attached hydrogen (secondary N) is 1. The molecule has 7 rings (SSSR count). The van der Waals surface area contributed by atoms with Crippen molar-refractivity contribution in [2.24, 2.45) is 22.7 Å². The van der Waals surface area contributed by atoms with E-state index in [4.69, 9.17) is 9.47 Å². The van der Waals surface area contributed by atoms with E-state index in [0.717, 1.165) is 0 Å². The van der Waals surface area contributed by atoms with Crippen molar-refractivity contribution in [3.63, 3.8) is 0 Å². The molecular formula is C25H35NO9. The molecule has 1 aromatic rings. The Morgan fingerprint density at radius 2 is 1.86 bits per heavy atom. The van der Waals surface area contributed by atoms with Gasteiger partial charge in [-0.05, 0) is 43.7 Å². The van der Waals surface area contributed by atoms with E-state index in [2.05, 4.69) is 4.98 Å². The van der Waals surface area contributed by atoms with Crippen molar-refractivity contribution in [2.75, 3.05) is 0 Å². The Morgan fingerprint density at radius 1 is 1.20 bits per heavy atom. The summed E-state index contributed by atoms with van der Waals surface area (Å²) in [5.41, 5.74) is -15.2. The van der Waals surface area contributed by atoms with Crippen molar-refractivity contribution in [3.05, 3.63) is 24.0 Å². The van der Waals surface area contributed by atoms with Crippen molar-refractivity contribution in [1.29, 1.82) is 0 Å². The first kappa shape index (κ1) is 23.8. The number of aromatic nitrogens is 1. The molecule has 10 heteroatoms. The van der Waals surface area contributed by atoms with E-state index in [1.54, 1.807) is 26.8 Å². The third-order valence-corrected chi connectivity index (χ3v) is 11.3. The van der Waals surface area contributed by atoms with E-state index in [-0.39, 0.29) is 18.5 Å².